The van der Waals surface area contributed by atoms with Gasteiger partial charge in [0, 0.05) is 10.6 Å². The zero-order chi connectivity index (χ0) is 18.3. The van der Waals surface area contributed by atoms with E-state index in [-0.39, 0.29) is 16.5 Å². The number of amides is 1. The standard InChI is InChI=1S/C14H9Cl2N5O3S/c15-4-1-2-5(6(16)3-4)9-7-8(17)10(12(22)24-14(19)23)25-11(7)21-13(18)20-9/h1-3H,17H2,(H2,19,23)(H2,18,20,21). The molecule has 0 fully saturated rings. The molecule has 2 heterocycles. The second-order valence-electron chi connectivity index (χ2n) is 4.79. The van der Waals surface area contributed by atoms with Gasteiger partial charge in [-0.3, -0.25) is 0 Å². The molecule has 1 aromatic carbocycles. The van der Waals surface area contributed by atoms with Crippen LogP contribution in [0.4, 0.5) is 16.4 Å². The quantitative estimate of drug-likeness (QED) is 0.444. The number of nitrogen functional groups attached to an aromatic ring is 2. The Morgan fingerprint density at radius 3 is 2.52 bits per heavy atom. The fraction of sp³-hybridized carbons (Fsp3) is 0. The molecule has 0 aliphatic heterocycles. The van der Waals surface area contributed by atoms with Crippen molar-refractivity contribution in [1.29, 1.82) is 0 Å². The summed E-state index contributed by atoms with van der Waals surface area (Å²) in [4.78, 5) is 31.3. The van der Waals surface area contributed by atoms with Gasteiger partial charge in [0.25, 0.3) is 0 Å². The normalized spacial score (nSPS) is 10.8. The molecule has 0 radical (unpaired) electrons. The third-order valence-electron chi connectivity index (χ3n) is 3.17. The van der Waals surface area contributed by atoms with E-state index in [1.807, 2.05) is 0 Å². The van der Waals surface area contributed by atoms with E-state index in [1.165, 1.54) is 6.07 Å². The van der Waals surface area contributed by atoms with E-state index in [1.54, 1.807) is 12.1 Å². The molecule has 0 saturated carbocycles. The summed E-state index contributed by atoms with van der Waals surface area (Å²) in [5.74, 6) is -1.02. The third-order valence-corrected chi connectivity index (χ3v) is 4.80. The van der Waals surface area contributed by atoms with Gasteiger partial charge < -0.3 is 21.9 Å². The number of carbonyl (C=O) groups excluding carboxylic acids is 2. The van der Waals surface area contributed by atoms with Crippen LogP contribution in [0.1, 0.15) is 9.67 Å². The molecule has 1 amide bonds. The molecule has 25 heavy (non-hydrogen) atoms. The highest BCUT2D eigenvalue weighted by atomic mass is 35.5. The summed E-state index contributed by atoms with van der Waals surface area (Å²) in [7, 11) is 0. The molecule has 0 bridgehead atoms. The molecule has 3 aromatic rings. The molecular formula is C14H9Cl2N5O3S. The van der Waals surface area contributed by atoms with Gasteiger partial charge >= 0.3 is 12.1 Å². The van der Waals surface area contributed by atoms with Crippen LogP contribution in [0.3, 0.4) is 0 Å². The third kappa shape index (κ3) is 3.16. The Kier molecular flexibility index (Phi) is 4.38. The van der Waals surface area contributed by atoms with E-state index in [0.29, 0.717) is 31.5 Å². The number of hydrogen-bond donors (Lipinski definition) is 3. The lowest BCUT2D eigenvalue weighted by molar-refractivity contribution is 0.0644. The lowest BCUT2D eigenvalue weighted by atomic mass is 10.1. The Morgan fingerprint density at radius 1 is 1.16 bits per heavy atom. The first-order valence-corrected chi connectivity index (χ1v) is 8.17. The van der Waals surface area contributed by atoms with Crippen molar-refractivity contribution < 1.29 is 14.3 Å². The predicted molar refractivity (Wildman–Crippen MR) is 96.7 cm³/mol. The van der Waals surface area contributed by atoms with Crippen LogP contribution in [0.2, 0.25) is 10.0 Å². The fourth-order valence-electron chi connectivity index (χ4n) is 2.20. The Morgan fingerprint density at radius 2 is 1.88 bits per heavy atom. The largest absolute Gasteiger partial charge is 0.412 e. The molecule has 0 atom stereocenters. The number of nitrogens with zero attached hydrogens (tertiary/aromatic N) is 2. The maximum absolute atomic E-state index is 12.0. The molecule has 0 aliphatic carbocycles. The Hall–Kier alpha value is -2.62. The molecule has 128 valence electrons. The minimum Gasteiger partial charge on any atom is -0.397 e. The number of halogens is 2. The average Bonchev–Trinajstić information content (AvgIpc) is 2.83. The van der Waals surface area contributed by atoms with Crippen molar-refractivity contribution in [3.05, 3.63) is 33.1 Å². The topological polar surface area (TPSA) is 147 Å². The minimum atomic E-state index is -1.24. The molecule has 0 spiro atoms. The summed E-state index contributed by atoms with van der Waals surface area (Å²) < 4.78 is 4.37. The smallest absolute Gasteiger partial charge is 0.397 e. The Bertz CT molecular complexity index is 1040. The van der Waals surface area contributed by atoms with E-state index >= 15 is 0 Å². The summed E-state index contributed by atoms with van der Waals surface area (Å²) in [6.07, 6.45) is -1.24. The SMILES string of the molecule is NC(=O)OC(=O)c1sc2nc(N)nc(-c3ccc(Cl)cc3Cl)c2c1N. The summed E-state index contributed by atoms with van der Waals surface area (Å²) >= 11 is 13.0. The Labute approximate surface area is 154 Å². The number of aromatic nitrogens is 2. The summed E-state index contributed by atoms with van der Waals surface area (Å²) in [5, 5.41) is 1.12. The Balaban J connectivity index is 2.28. The van der Waals surface area contributed by atoms with E-state index in [0.717, 1.165) is 11.3 Å². The van der Waals surface area contributed by atoms with Crippen molar-refractivity contribution in [3.63, 3.8) is 0 Å². The summed E-state index contributed by atoms with van der Waals surface area (Å²) in [5.41, 5.74) is 17.5. The first-order chi connectivity index (χ1) is 11.8. The van der Waals surface area contributed by atoms with Crippen molar-refractivity contribution in [2.75, 3.05) is 11.5 Å². The van der Waals surface area contributed by atoms with E-state index in [2.05, 4.69) is 14.7 Å². The number of hydrogen-bond acceptors (Lipinski definition) is 8. The van der Waals surface area contributed by atoms with Gasteiger partial charge in [-0.1, -0.05) is 23.2 Å². The lowest BCUT2D eigenvalue weighted by Gasteiger charge is -2.07. The molecule has 11 heteroatoms. The number of rotatable bonds is 2. The van der Waals surface area contributed by atoms with Crippen LogP contribution in [0, 0.1) is 0 Å². The number of fused-ring (bicyclic) bond motifs is 1. The van der Waals surface area contributed by atoms with Crippen molar-refractivity contribution in [2.24, 2.45) is 5.73 Å². The average molecular weight is 398 g/mol. The van der Waals surface area contributed by atoms with Gasteiger partial charge in [0.05, 0.1) is 21.8 Å². The van der Waals surface area contributed by atoms with Crippen molar-refractivity contribution >= 4 is 68.5 Å². The second kappa shape index (κ2) is 6.36. The number of thiophene rings is 1. The molecule has 0 unspecified atom stereocenters. The van der Waals surface area contributed by atoms with Gasteiger partial charge in [-0.15, -0.1) is 11.3 Å². The van der Waals surface area contributed by atoms with E-state index < -0.39 is 12.1 Å². The zero-order valence-corrected chi connectivity index (χ0v) is 14.6. The number of carbonyl (C=O) groups is 2. The molecule has 8 nitrogen and oxygen atoms in total. The highest BCUT2D eigenvalue weighted by molar-refractivity contribution is 7.21. The van der Waals surface area contributed by atoms with Crippen LogP contribution in [0.25, 0.3) is 21.5 Å². The summed E-state index contributed by atoms with van der Waals surface area (Å²) in [6, 6.07) is 4.80. The molecular weight excluding hydrogens is 389 g/mol. The molecule has 0 saturated heterocycles. The van der Waals surface area contributed by atoms with Crippen molar-refractivity contribution in [1.82, 2.24) is 9.97 Å². The molecule has 6 N–H and O–H groups in total. The highest BCUT2D eigenvalue weighted by Gasteiger charge is 2.24. The van der Waals surface area contributed by atoms with Crippen LogP contribution in [0.5, 0.6) is 0 Å². The number of anilines is 2. The van der Waals surface area contributed by atoms with Gasteiger partial charge in [-0.2, -0.15) is 0 Å². The van der Waals surface area contributed by atoms with Gasteiger partial charge in [0.1, 0.15) is 9.71 Å². The molecule has 3 rings (SSSR count). The number of benzene rings is 1. The van der Waals surface area contributed by atoms with Crippen LogP contribution < -0.4 is 17.2 Å². The number of primary amides is 1. The second-order valence-corrected chi connectivity index (χ2v) is 6.63. The van der Waals surface area contributed by atoms with Crippen molar-refractivity contribution in [2.45, 2.75) is 0 Å². The van der Waals surface area contributed by atoms with Gasteiger partial charge in [0.15, 0.2) is 0 Å². The van der Waals surface area contributed by atoms with E-state index in [4.69, 9.17) is 40.4 Å². The minimum absolute atomic E-state index is 0.0345. The highest BCUT2D eigenvalue weighted by Crippen LogP contribution is 2.41. The first kappa shape index (κ1) is 17.2. The van der Waals surface area contributed by atoms with E-state index in [9.17, 15) is 9.59 Å². The molecule has 2 aromatic heterocycles. The number of nitrogens with two attached hydrogens (primary N) is 3. The predicted octanol–water partition coefficient (Wildman–Crippen LogP) is 3.07. The van der Waals surface area contributed by atoms with Gasteiger partial charge in [0.2, 0.25) is 5.95 Å². The fourth-order valence-corrected chi connectivity index (χ4v) is 3.68. The van der Waals surface area contributed by atoms with Crippen LogP contribution in [0.15, 0.2) is 18.2 Å². The van der Waals surface area contributed by atoms with Gasteiger partial charge in [-0.25, -0.2) is 19.6 Å². The van der Waals surface area contributed by atoms with Crippen LogP contribution in [-0.4, -0.2) is 22.0 Å². The lowest BCUT2D eigenvalue weighted by Crippen LogP contribution is -2.18. The maximum Gasteiger partial charge on any atom is 0.412 e. The number of ether oxygens (including phenoxy) is 1. The molecule has 0 aliphatic rings. The monoisotopic (exact) mass is 397 g/mol. The summed E-state index contributed by atoms with van der Waals surface area (Å²) in [6.45, 7) is 0. The maximum atomic E-state index is 12.0. The van der Waals surface area contributed by atoms with Gasteiger partial charge in [-0.05, 0) is 18.2 Å². The van der Waals surface area contributed by atoms with Crippen molar-refractivity contribution in [3.8, 4) is 11.3 Å². The number of esters is 1. The zero-order valence-electron chi connectivity index (χ0n) is 12.2. The van der Waals surface area contributed by atoms with Crippen LogP contribution >= 0.6 is 34.5 Å². The van der Waals surface area contributed by atoms with Crippen LogP contribution in [-0.2, 0) is 4.74 Å². The first-order valence-electron chi connectivity index (χ1n) is 6.60.